The molecule has 0 saturated heterocycles. The Labute approximate surface area is 93.1 Å². The number of hydrogen-bond donors (Lipinski definition) is 1. The molecule has 1 heterocycles. The second kappa shape index (κ2) is 6.57. The van der Waals surface area contributed by atoms with Crippen LogP contribution in [0.15, 0.2) is 24.5 Å². The van der Waals surface area contributed by atoms with Crippen LogP contribution in [0, 0.1) is 5.92 Å². The molecule has 0 aliphatic carbocycles. The summed E-state index contributed by atoms with van der Waals surface area (Å²) in [6, 6.07) is 4.80. The standard InChI is InChI=1S/C13H22N2/c1-11(2)13(14-3)8-4-6-12-7-5-9-15-10-12/h5,7,9-11,13-14H,4,6,8H2,1-3H3. The van der Waals surface area contributed by atoms with E-state index in [0.717, 1.165) is 6.42 Å². The summed E-state index contributed by atoms with van der Waals surface area (Å²) in [6.45, 7) is 4.54. The van der Waals surface area contributed by atoms with Crippen molar-refractivity contribution >= 4 is 0 Å². The van der Waals surface area contributed by atoms with Gasteiger partial charge >= 0.3 is 0 Å². The number of hydrogen-bond acceptors (Lipinski definition) is 2. The Bertz CT molecular complexity index is 256. The zero-order valence-electron chi connectivity index (χ0n) is 10.0. The Balaban J connectivity index is 2.27. The van der Waals surface area contributed by atoms with Gasteiger partial charge in [-0.25, -0.2) is 0 Å². The molecule has 0 fully saturated rings. The highest BCUT2D eigenvalue weighted by atomic mass is 14.9. The van der Waals surface area contributed by atoms with Crippen LogP contribution in [-0.2, 0) is 6.42 Å². The van der Waals surface area contributed by atoms with Crippen molar-refractivity contribution in [2.24, 2.45) is 5.92 Å². The van der Waals surface area contributed by atoms with E-state index in [1.807, 2.05) is 18.5 Å². The molecule has 0 amide bonds. The van der Waals surface area contributed by atoms with Crippen molar-refractivity contribution in [1.29, 1.82) is 0 Å². The van der Waals surface area contributed by atoms with E-state index >= 15 is 0 Å². The first-order valence-electron chi connectivity index (χ1n) is 5.80. The van der Waals surface area contributed by atoms with Gasteiger partial charge in [0.25, 0.3) is 0 Å². The molecule has 0 aliphatic rings. The number of rotatable bonds is 6. The van der Waals surface area contributed by atoms with Gasteiger partial charge in [-0.1, -0.05) is 19.9 Å². The van der Waals surface area contributed by atoms with Crippen molar-refractivity contribution in [2.75, 3.05) is 7.05 Å². The van der Waals surface area contributed by atoms with Crippen LogP contribution in [0.1, 0.15) is 32.3 Å². The predicted molar refractivity (Wildman–Crippen MR) is 64.9 cm³/mol. The molecule has 0 radical (unpaired) electrons. The Hall–Kier alpha value is -0.890. The van der Waals surface area contributed by atoms with Crippen molar-refractivity contribution in [3.8, 4) is 0 Å². The molecular formula is C13H22N2. The highest BCUT2D eigenvalue weighted by Gasteiger charge is 2.09. The molecule has 0 spiro atoms. The Morgan fingerprint density at radius 1 is 1.40 bits per heavy atom. The molecule has 84 valence electrons. The second-order valence-corrected chi connectivity index (χ2v) is 4.39. The molecule has 1 aromatic heterocycles. The second-order valence-electron chi connectivity index (χ2n) is 4.39. The number of aryl methyl sites for hydroxylation is 1. The summed E-state index contributed by atoms with van der Waals surface area (Å²) in [7, 11) is 2.05. The summed E-state index contributed by atoms with van der Waals surface area (Å²) < 4.78 is 0. The monoisotopic (exact) mass is 206 g/mol. The van der Waals surface area contributed by atoms with Gasteiger partial charge in [-0.3, -0.25) is 4.98 Å². The lowest BCUT2D eigenvalue weighted by Gasteiger charge is -2.19. The van der Waals surface area contributed by atoms with Crippen LogP contribution in [0.2, 0.25) is 0 Å². The number of nitrogens with one attached hydrogen (secondary N) is 1. The predicted octanol–water partition coefficient (Wildman–Crippen LogP) is 2.65. The van der Waals surface area contributed by atoms with Gasteiger partial charge in [0.1, 0.15) is 0 Å². The fourth-order valence-electron chi connectivity index (χ4n) is 1.88. The van der Waals surface area contributed by atoms with Crippen molar-refractivity contribution in [1.82, 2.24) is 10.3 Å². The van der Waals surface area contributed by atoms with E-state index in [-0.39, 0.29) is 0 Å². The maximum atomic E-state index is 4.12. The fraction of sp³-hybridized carbons (Fsp3) is 0.615. The van der Waals surface area contributed by atoms with Gasteiger partial charge in [0.15, 0.2) is 0 Å². The molecule has 0 aromatic carbocycles. The zero-order valence-corrected chi connectivity index (χ0v) is 10.0. The summed E-state index contributed by atoms with van der Waals surface area (Å²) in [5.74, 6) is 0.712. The average molecular weight is 206 g/mol. The summed E-state index contributed by atoms with van der Waals surface area (Å²) in [5, 5.41) is 3.37. The van der Waals surface area contributed by atoms with E-state index in [1.165, 1.54) is 18.4 Å². The number of nitrogens with zero attached hydrogens (tertiary/aromatic N) is 1. The molecule has 0 saturated carbocycles. The van der Waals surface area contributed by atoms with Crippen molar-refractivity contribution in [2.45, 2.75) is 39.2 Å². The Morgan fingerprint density at radius 2 is 2.20 bits per heavy atom. The lowest BCUT2D eigenvalue weighted by molar-refractivity contribution is 0.393. The van der Waals surface area contributed by atoms with Gasteiger partial charge in [0.2, 0.25) is 0 Å². The minimum atomic E-state index is 0.640. The lowest BCUT2D eigenvalue weighted by atomic mass is 9.97. The first-order valence-corrected chi connectivity index (χ1v) is 5.80. The first-order chi connectivity index (χ1) is 7.24. The first kappa shape index (κ1) is 12.2. The third-order valence-corrected chi connectivity index (χ3v) is 2.88. The van der Waals surface area contributed by atoms with E-state index in [0.29, 0.717) is 12.0 Å². The highest BCUT2D eigenvalue weighted by molar-refractivity contribution is 5.08. The minimum absolute atomic E-state index is 0.640. The largest absolute Gasteiger partial charge is 0.317 e. The maximum absolute atomic E-state index is 4.12. The van der Waals surface area contributed by atoms with Crippen molar-refractivity contribution in [3.05, 3.63) is 30.1 Å². The minimum Gasteiger partial charge on any atom is -0.317 e. The Kier molecular flexibility index (Phi) is 5.33. The van der Waals surface area contributed by atoms with Gasteiger partial charge in [0.05, 0.1) is 0 Å². The molecule has 2 nitrogen and oxygen atoms in total. The third-order valence-electron chi connectivity index (χ3n) is 2.88. The van der Waals surface area contributed by atoms with Gasteiger partial charge in [0, 0.05) is 18.4 Å². The smallest absolute Gasteiger partial charge is 0.0299 e. The van der Waals surface area contributed by atoms with E-state index in [4.69, 9.17) is 0 Å². The summed E-state index contributed by atoms with van der Waals surface area (Å²) in [6.07, 6.45) is 7.40. The maximum Gasteiger partial charge on any atom is 0.0299 e. The molecule has 15 heavy (non-hydrogen) atoms. The SMILES string of the molecule is CNC(CCCc1cccnc1)C(C)C. The van der Waals surface area contributed by atoms with Crippen LogP contribution < -0.4 is 5.32 Å². The van der Waals surface area contributed by atoms with Crippen LogP contribution in [0.25, 0.3) is 0 Å². The molecule has 0 aliphatic heterocycles. The van der Waals surface area contributed by atoms with Crippen molar-refractivity contribution < 1.29 is 0 Å². The fourth-order valence-corrected chi connectivity index (χ4v) is 1.88. The summed E-state index contributed by atoms with van der Waals surface area (Å²) in [4.78, 5) is 4.12. The molecule has 2 heteroatoms. The van der Waals surface area contributed by atoms with E-state index in [1.54, 1.807) is 0 Å². The van der Waals surface area contributed by atoms with E-state index < -0.39 is 0 Å². The van der Waals surface area contributed by atoms with Gasteiger partial charge < -0.3 is 5.32 Å². The van der Waals surface area contributed by atoms with Crippen molar-refractivity contribution in [3.63, 3.8) is 0 Å². The number of aromatic nitrogens is 1. The molecular weight excluding hydrogens is 184 g/mol. The summed E-state index contributed by atoms with van der Waals surface area (Å²) >= 11 is 0. The van der Waals surface area contributed by atoms with Crippen LogP contribution in [0.4, 0.5) is 0 Å². The zero-order chi connectivity index (χ0) is 11.1. The van der Waals surface area contributed by atoms with E-state index in [9.17, 15) is 0 Å². The van der Waals surface area contributed by atoms with Gasteiger partial charge in [-0.2, -0.15) is 0 Å². The molecule has 1 unspecified atom stereocenters. The van der Waals surface area contributed by atoms with Crippen LogP contribution in [-0.4, -0.2) is 18.1 Å². The normalized spacial score (nSPS) is 13.1. The van der Waals surface area contributed by atoms with Crippen LogP contribution >= 0.6 is 0 Å². The third kappa shape index (κ3) is 4.43. The molecule has 1 N–H and O–H groups in total. The molecule has 1 aromatic rings. The molecule has 1 rings (SSSR count). The summed E-state index contributed by atoms with van der Waals surface area (Å²) in [5.41, 5.74) is 1.34. The Morgan fingerprint density at radius 3 is 2.73 bits per heavy atom. The average Bonchev–Trinajstić information content (AvgIpc) is 2.25. The van der Waals surface area contributed by atoms with Gasteiger partial charge in [-0.05, 0) is 43.9 Å². The number of pyridine rings is 1. The van der Waals surface area contributed by atoms with Crippen LogP contribution in [0.3, 0.4) is 0 Å². The van der Waals surface area contributed by atoms with Crippen LogP contribution in [0.5, 0.6) is 0 Å². The highest BCUT2D eigenvalue weighted by Crippen LogP contribution is 2.10. The molecule has 1 atom stereocenters. The lowest BCUT2D eigenvalue weighted by Crippen LogP contribution is -2.30. The topological polar surface area (TPSA) is 24.9 Å². The quantitative estimate of drug-likeness (QED) is 0.774. The van der Waals surface area contributed by atoms with Gasteiger partial charge in [-0.15, -0.1) is 0 Å². The van der Waals surface area contributed by atoms with E-state index in [2.05, 4.69) is 37.3 Å². The molecule has 0 bridgehead atoms.